The van der Waals surface area contributed by atoms with E-state index in [0.717, 1.165) is 38.2 Å². The number of hydrogen-bond donors (Lipinski definition) is 2. The van der Waals surface area contributed by atoms with E-state index in [-0.39, 0.29) is 6.04 Å². The van der Waals surface area contributed by atoms with Gasteiger partial charge in [-0.1, -0.05) is 37.8 Å². The van der Waals surface area contributed by atoms with Gasteiger partial charge in [0.15, 0.2) is 0 Å². The van der Waals surface area contributed by atoms with Crippen LogP contribution in [0.25, 0.3) is 0 Å². The molecule has 0 aliphatic carbocycles. The highest BCUT2D eigenvalue weighted by Crippen LogP contribution is 2.34. The van der Waals surface area contributed by atoms with Gasteiger partial charge >= 0.3 is 0 Å². The summed E-state index contributed by atoms with van der Waals surface area (Å²) < 4.78 is 0. The van der Waals surface area contributed by atoms with Gasteiger partial charge in [0, 0.05) is 42.8 Å². The van der Waals surface area contributed by atoms with Gasteiger partial charge in [-0.3, -0.25) is 4.90 Å². The van der Waals surface area contributed by atoms with Gasteiger partial charge in [-0.15, -0.1) is 0 Å². The molecule has 0 amide bonds. The highest BCUT2D eigenvalue weighted by atomic mass is 35.5. The van der Waals surface area contributed by atoms with Gasteiger partial charge in [0.25, 0.3) is 0 Å². The summed E-state index contributed by atoms with van der Waals surface area (Å²) in [5.41, 5.74) is 0.982. The maximum atomic E-state index is 10.2. The SMILES string of the molecule is CCCCC[C@@H](c1cc(Cl)ccc1O)N1CCNCC1. The molecular formula is C16H25ClN2O. The van der Waals surface area contributed by atoms with Crippen molar-refractivity contribution in [3.8, 4) is 5.75 Å². The Morgan fingerprint density at radius 3 is 2.75 bits per heavy atom. The standard InChI is InChI=1S/C16H25ClN2O/c1-2-3-4-5-15(19-10-8-18-9-11-19)14-12-13(17)6-7-16(14)20/h6-7,12,15,18,20H,2-5,8-11H2,1H3/t15-/m0/s1. The second kappa shape index (κ2) is 7.87. The average Bonchev–Trinajstić information content (AvgIpc) is 2.48. The number of nitrogens with one attached hydrogen (secondary N) is 1. The molecule has 1 aliphatic rings. The Hall–Kier alpha value is -0.770. The zero-order valence-electron chi connectivity index (χ0n) is 12.2. The van der Waals surface area contributed by atoms with Crippen LogP contribution in [0.4, 0.5) is 0 Å². The van der Waals surface area contributed by atoms with E-state index in [4.69, 9.17) is 11.6 Å². The Balaban J connectivity index is 2.17. The number of phenols is 1. The third-order valence-electron chi connectivity index (χ3n) is 4.02. The van der Waals surface area contributed by atoms with Crippen LogP contribution in [0.1, 0.15) is 44.2 Å². The molecule has 0 spiro atoms. The van der Waals surface area contributed by atoms with Gasteiger partial charge in [-0.25, -0.2) is 0 Å². The van der Waals surface area contributed by atoms with Crippen LogP contribution >= 0.6 is 11.6 Å². The van der Waals surface area contributed by atoms with Gasteiger partial charge in [-0.05, 0) is 24.6 Å². The Morgan fingerprint density at radius 1 is 1.30 bits per heavy atom. The van der Waals surface area contributed by atoms with E-state index in [9.17, 15) is 5.11 Å². The molecule has 2 N–H and O–H groups in total. The highest BCUT2D eigenvalue weighted by molar-refractivity contribution is 6.30. The lowest BCUT2D eigenvalue weighted by molar-refractivity contribution is 0.160. The summed E-state index contributed by atoms with van der Waals surface area (Å²) in [6.07, 6.45) is 4.73. The minimum absolute atomic E-state index is 0.280. The molecule has 0 radical (unpaired) electrons. The molecule has 0 bridgehead atoms. The zero-order chi connectivity index (χ0) is 14.4. The van der Waals surface area contributed by atoms with Crippen molar-refractivity contribution < 1.29 is 5.11 Å². The number of benzene rings is 1. The third kappa shape index (κ3) is 4.11. The summed E-state index contributed by atoms with van der Waals surface area (Å²) >= 11 is 6.12. The number of nitrogens with zero attached hydrogens (tertiary/aromatic N) is 1. The van der Waals surface area contributed by atoms with Gasteiger partial charge in [-0.2, -0.15) is 0 Å². The molecule has 2 rings (SSSR count). The number of hydrogen-bond acceptors (Lipinski definition) is 3. The molecule has 4 heteroatoms. The van der Waals surface area contributed by atoms with Crippen LogP contribution in [0.2, 0.25) is 5.02 Å². The van der Waals surface area contributed by atoms with Crippen molar-refractivity contribution in [3.05, 3.63) is 28.8 Å². The Kier molecular flexibility index (Phi) is 6.14. The fourth-order valence-electron chi connectivity index (χ4n) is 2.91. The maximum Gasteiger partial charge on any atom is 0.120 e. The minimum Gasteiger partial charge on any atom is -0.508 e. The lowest BCUT2D eigenvalue weighted by Crippen LogP contribution is -2.45. The van der Waals surface area contributed by atoms with Crippen molar-refractivity contribution in [2.45, 2.75) is 38.6 Å². The van der Waals surface area contributed by atoms with E-state index in [1.807, 2.05) is 6.07 Å². The van der Waals surface area contributed by atoms with E-state index >= 15 is 0 Å². The van der Waals surface area contributed by atoms with Crippen molar-refractivity contribution in [1.82, 2.24) is 10.2 Å². The molecular weight excluding hydrogens is 272 g/mol. The quantitative estimate of drug-likeness (QED) is 0.788. The maximum absolute atomic E-state index is 10.2. The lowest BCUT2D eigenvalue weighted by Gasteiger charge is -2.35. The number of phenolic OH excluding ortho intramolecular Hbond substituents is 1. The summed E-state index contributed by atoms with van der Waals surface area (Å²) in [5, 5.41) is 14.3. The van der Waals surface area contributed by atoms with Crippen molar-refractivity contribution >= 4 is 11.6 Å². The molecule has 3 nitrogen and oxygen atoms in total. The molecule has 1 fully saturated rings. The van der Waals surface area contributed by atoms with Crippen molar-refractivity contribution in [1.29, 1.82) is 0 Å². The first-order valence-electron chi connectivity index (χ1n) is 7.65. The first-order valence-corrected chi connectivity index (χ1v) is 8.03. The van der Waals surface area contributed by atoms with Crippen LogP contribution in [-0.4, -0.2) is 36.2 Å². The molecule has 20 heavy (non-hydrogen) atoms. The monoisotopic (exact) mass is 296 g/mol. The minimum atomic E-state index is 0.280. The second-order valence-corrected chi connectivity index (χ2v) is 5.94. The Morgan fingerprint density at radius 2 is 2.05 bits per heavy atom. The number of unbranched alkanes of at least 4 members (excludes halogenated alkanes) is 2. The van der Waals surface area contributed by atoms with Crippen LogP contribution in [0.5, 0.6) is 5.75 Å². The summed E-state index contributed by atoms with van der Waals surface area (Å²) in [4.78, 5) is 2.47. The normalized spacial score (nSPS) is 18.1. The van der Waals surface area contributed by atoms with Crippen molar-refractivity contribution in [2.24, 2.45) is 0 Å². The second-order valence-electron chi connectivity index (χ2n) is 5.50. The molecule has 0 aromatic heterocycles. The smallest absolute Gasteiger partial charge is 0.120 e. The topological polar surface area (TPSA) is 35.5 Å². The van der Waals surface area contributed by atoms with Gasteiger partial charge in [0.2, 0.25) is 0 Å². The number of piperazine rings is 1. The van der Waals surface area contributed by atoms with Crippen molar-refractivity contribution in [3.63, 3.8) is 0 Å². The van der Waals surface area contributed by atoms with Crippen LogP contribution in [0, 0.1) is 0 Å². The van der Waals surface area contributed by atoms with Gasteiger partial charge in [0.05, 0.1) is 0 Å². The zero-order valence-corrected chi connectivity index (χ0v) is 13.0. The van der Waals surface area contributed by atoms with E-state index in [2.05, 4.69) is 17.1 Å². The van der Waals surface area contributed by atoms with E-state index in [0.29, 0.717) is 10.8 Å². The first-order chi connectivity index (χ1) is 9.72. The summed E-state index contributed by atoms with van der Waals surface area (Å²) in [6, 6.07) is 5.67. The van der Waals surface area contributed by atoms with Crippen LogP contribution in [-0.2, 0) is 0 Å². The number of halogens is 1. The van der Waals surface area contributed by atoms with Gasteiger partial charge < -0.3 is 10.4 Å². The highest BCUT2D eigenvalue weighted by Gasteiger charge is 2.24. The molecule has 1 aliphatic heterocycles. The van der Waals surface area contributed by atoms with E-state index in [1.165, 1.54) is 19.3 Å². The summed E-state index contributed by atoms with van der Waals surface area (Å²) in [7, 11) is 0. The Bertz CT molecular complexity index is 419. The lowest BCUT2D eigenvalue weighted by atomic mass is 9.97. The largest absolute Gasteiger partial charge is 0.508 e. The molecule has 1 aromatic carbocycles. The van der Waals surface area contributed by atoms with E-state index in [1.54, 1.807) is 12.1 Å². The molecule has 1 aromatic rings. The molecule has 1 saturated heterocycles. The fraction of sp³-hybridized carbons (Fsp3) is 0.625. The van der Waals surface area contributed by atoms with E-state index < -0.39 is 0 Å². The summed E-state index contributed by atoms with van der Waals surface area (Å²) in [5.74, 6) is 0.370. The molecule has 0 unspecified atom stereocenters. The average molecular weight is 297 g/mol. The van der Waals surface area contributed by atoms with Crippen LogP contribution in [0.3, 0.4) is 0 Å². The number of rotatable bonds is 6. The van der Waals surface area contributed by atoms with Crippen LogP contribution < -0.4 is 5.32 Å². The third-order valence-corrected chi connectivity index (χ3v) is 4.26. The van der Waals surface area contributed by atoms with Crippen molar-refractivity contribution in [2.75, 3.05) is 26.2 Å². The van der Waals surface area contributed by atoms with Crippen LogP contribution in [0.15, 0.2) is 18.2 Å². The summed E-state index contributed by atoms with van der Waals surface area (Å²) in [6.45, 7) is 6.32. The molecule has 112 valence electrons. The Labute approximate surface area is 126 Å². The number of aromatic hydroxyl groups is 1. The predicted octanol–water partition coefficient (Wildman–Crippen LogP) is 3.57. The predicted molar refractivity (Wildman–Crippen MR) is 84.4 cm³/mol. The van der Waals surface area contributed by atoms with Gasteiger partial charge in [0.1, 0.15) is 5.75 Å². The fourth-order valence-corrected chi connectivity index (χ4v) is 3.09. The molecule has 1 heterocycles. The molecule has 1 atom stereocenters. The first kappa shape index (κ1) is 15.6. The molecule has 0 saturated carbocycles.